The van der Waals surface area contributed by atoms with Crippen LogP contribution in [0.3, 0.4) is 0 Å². The van der Waals surface area contributed by atoms with E-state index in [4.69, 9.17) is 0 Å². The van der Waals surface area contributed by atoms with E-state index in [2.05, 4.69) is 0 Å². The fourth-order valence-electron chi connectivity index (χ4n) is 0.977. The molecule has 0 unspecified atom stereocenters. The summed E-state index contributed by atoms with van der Waals surface area (Å²) in [4.78, 5) is 10.8. The number of carbonyl (C=O) groups excluding carboxylic acids is 1. The topological polar surface area (TPSA) is 17.1 Å². The Morgan fingerprint density at radius 3 is 2.43 bits per heavy atom. The van der Waals surface area contributed by atoms with Crippen LogP contribution < -0.4 is 0 Å². The molecule has 0 saturated heterocycles. The van der Waals surface area contributed by atoms with E-state index in [-0.39, 0.29) is 23.7 Å². The van der Waals surface area contributed by atoms with Crippen molar-refractivity contribution in [2.75, 3.05) is 5.75 Å². The second-order valence-electron chi connectivity index (χ2n) is 3.28. The third kappa shape index (κ3) is 7.30. The lowest BCUT2D eigenvalue weighted by atomic mass is 10.1. The van der Waals surface area contributed by atoms with Crippen LogP contribution in [-0.2, 0) is 4.79 Å². The highest BCUT2D eigenvalue weighted by atomic mass is 32.2. The zero-order valence-electron chi connectivity index (χ0n) is 8.82. The molecule has 0 saturated carbocycles. The maximum Gasteiger partial charge on any atom is 0.249 e. The van der Waals surface area contributed by atoms with Gasteiger partial charge < -0.3 is 0 Å². The molecule has 0 aromatic carbocycles. The maximum absolute atomic E-state index is 13.0. The number of thioether (sulfide) groups is 1. The Bertz CT molecular complexity index is 172. The molecule has 0 aromatic heterocycles. The first-order chi connectivity index (χ1) is 6.52. The van der Waals surface area contributed by atoms with Crippen molar-refractivity contribution >= 4 is 16.9 Å². The van der Waals surface area contributed by atoms with E-state index in [1.165, 1.54) is 0 Å². The summed E-state index contributed by atoms with van der Waals surface area (Å²) in [5.41, 5.74) is 0. The Morgan fingerprint density at radius 1 is 1.29 bits per heavy atom. The van der Waals surface area contributed by atoms with Crippen molar-refractivity contribution < 1.29 is 13.6 Å². The van der Waals surface area contributed by atoms with E-state index >= 15 is 0 Å². The molecule has 4 heteroatoms. The van der Waals surface area contributed by atoms with Crippen molar-refractivity contribution in [3.8, 4) is 0 Å². The zero-order valence-corrected chi connectivity index (χ0v) is 9.63. The number of hydrogen-bond acceptors (Lipinski definition) is 2. The van der Waals surface area contributed by atoms with Crippen LogP contribution in [0, 0.1) is 0 Å². The molecule has 0 aliphatic heterocycles. The van der Waals surface area contributed by atoms with Gasteiger partial charge in [0.2, 0.25) is 5.92 Å². The van der Waals surface area contributed by atoms with Crippen molar-refractivity contribution in [2.24, 2.45) is 0 Å². The molecule has 14 heavy (non-hydrogen) atoms. The van der Waals surface area contributed by atoms with Gasteiger partial charge >= 0.3 is 0 Å². The minimum absolute atomic E-state index is 0.00343. The van der Waals surface area contributed by atoms with Gasteiger partial charge in [0.1, 0.15) is 0 Å². The van der Waals surface area contributed by atoms with Gasteiger partial charge in [0.05, 0.1) is 0 Å². The molecule has 0 fully saturated rings. The lowest BCUT2D eigenvalue weighted by Crippen LogP contribution is -2.17. The molecular formula is C10H18F2OS. The van der Waals surface area contributed by atoms with Crippen LogP contribution in [-0.4, -0.2) is 16.8 Å². The smallest absolute Gasteiger partial charge is 0.249 e. The van der Waals surface area contributed by atoms with Gasteiger partial charge in [-0.3, -0.25) is 4.79 Å². The van der Waals surface area contributed by atoms with E-state index in [0.29, 0.717) is 12.8 Å². The van der Waals surface area contributed by atoms with Crippen LogP contribution in [0.4, 0.5) is 8.78 Å². The first-order valence-electron chi connectivity index (χ1n) is 5.05. The molecule has 0 spiro atoms. The molecule has 1 nitrogen and oxygen atoms in total. The summed E-state index contributed by atoms with van der Waals surface area (Å²) in [5.74, 6) is -2.35. The highest BCUT2D eigenvalue weighted by Gasteiger charge is 2.27. The molecular weight excluding hydrogens is 206 g/mol. The summed E-state index contributed by atoms with van der Waals surface area (Å²) in [7, 11) is 0. The molecule has 0 heterocycles. The van der Waals surface area contributed by atoms with Gasteiger partial charge in [-0.2, -0.15) is 0 Å². The van der Waals surface area contributed by atoms with Crippen LogP contribution in [0.2, 0.25) is 0 Å². The minimum Gasteiger partial charge on any atom is -0.287 e. The minimum atomic E-state index is -2.59. The summed E-state index contributed by atoms with van der Waals surface area (Å²) in [6.07, 6.45) is 1.54. The standard InChI is InChI=1S/C10H18F2OS/c1-3-5-6-10(11,12)7-8-14-9(13)4-2/h3-8H2,1-2H3. The first-order valence-corrected chi connectivity index (χ1v) is 6.04. The molecule has 0 rings (SSSR count). The van der Waals surface area contributed by atoms with Gasteiger partial charge in [-0.1, -0.05) is 32.0 Å². The highest BCUT2D eigenvalue weighted by molar-refractivity contribution is 8.13. The van der Waals surface area contributed by atoms with Crippen LogP contribution in [0.5, 0.6) is 0 Å². The van der Waals surface area contributed by atoms with Gasteiger partial charge in [0.15, 0.2) is 5.12 Å². The second-order valence-corrected chi connectivity index (χ2v) is 4.44. The third-order valence-electron chi connectivity index (χ3n) is 1.92. The summed E-state index contributed by atoms with van der Waals surface area (Å²) in [6.45, 7) is 3.63. The molecule has 0 N–H and O–H groups in total. The van der Waals surface area contributed by atoms with Crippen molar-refractivity contribution in [1.82, 2.24) is 0 Å². The summed E-state index contributed by atoms with van der Waals surface area (Å²) < 4.78 is 26.1. The Balaban J connectivity index is 3.59. The lowest BCUT2D eigenvalue weighted by Gasteiger charge is -2.14. The Hall–Kier alpha value is -0.120. The van der Waals surface area contributed by atoms with Gasteiger partial charge in [0, 0.05) is 25.0 Å². The first kappa shape index (κ1) is 13.9. The molecule has 0 atom stereocenters. The largest absolute Gasteiger partial charge is 0.287 e. The van der Waals surface area contributed by atoms with E-state index in [0.717, 1.165) is 18.2 Å². The number of rotatable bonds is 7. The average molecular weight is 224 g/mol. The molecule has 84 valence electrons. The summed E-state index contributed by atoms with van der Waals surface area (Å²) in [5, 5.41) is -0.00343. The molecule has 0 aliphatic rings. The summed E-state index contributed by atoms with van der Waals surface area (Å²) in [6, 6.07) is 0. The average Bonchev–Trinajstić information content (AvgIpc) is 2.14. The van der Waals surface area contributed by atoms with Gasteiger partial charge in [-0.25, -0.2) is 8.78 Å². The van der Waals surface area contributed by atoms with Crippen molar-refractivity contribution in [2.45, 2.75) is 51.9 Å². The van der Waals surface area contributed by atoms with E-state index in [1.54, 1.807) is 6.92 Å². The molecule has 0 bridgehead atoms. The fourth-order valence-corrected chi connectivity index (χ4v) is 1.81. The van der Waals surface area contributed by atoms with Crippen molar-refractivity contribution in [3.05, 3.63) is 0 Å². The monoisotopic (exact) mass is 224 g/mol. The normalized spacial score (nSPS) is 11.7. The predicted molar refractivity (Wildman–Crippen MR) is 56.8 cm³/mol. The number of alkyl halides is 2. The van der Waals surface area contributed by atoms with Crippen molar-refractivity contribution in [1.29, 1.82) is 0 Å². The van der Waals surface area contributed by atoms with Crippen molar-refractivity contribution in [3.63, 3.8) is 0 Å². The van der Waals surface area contributed by atoms with E-state index in [1.807, 2.05) is 6.92 Å². The number of hydrogen-bond donors (Lipinski definition) is 0. The Morgan fingerprint density at radius 2 is 1.93 bits per heavy atom. The maximum atomic E-state index is 13.0. The van der Waals surface area contributed by atoms with Crippen LogP contribution in [0.15, 0.2) is 0 Å². The lowest BCUT2D eigenvalue weighted by molar-refractivity contribution is -0.110. The number of carbonyl (C=O) groups is 1. The SMILES string of the molecule is CCCCC(F)(F)CCSC(=O)CC. The molecule has 0 amide bonds. The fraction of sp³-hybridized carbons (Fsp3) is 0.900. The number of unbranched alkanes of at least 4 members (excludes halogenated alkanes) is 1. The zero-order chi connectivity index (χ0) is 11.0. The summed E-state index contributed by atoms with van der Waals surface area (Å²) >= 11 is 1.02. The van der Waals surface area contributed by atoms with Crippen LogP contribution in [0.1, 0.15) is 46.0 Å². The number of halogens is 2. The molecule has 0 radical (unpaired) electrons. The Kier molecular flexibility index (Phi) is 7.15. The second kappa shape index (κ2) is 7.21. The molecule has 0 aliphatic carbocycles. The Labute approximate surface area is 88.6 Å². The highest BCUT2D eigenvalue weighted by Crippen LogP contribution is 2.27. The third-order valence-corrected chi connectivity index (χ3v) is 2.93. The van der Waals surface area contributed by atoms with E-state index in [9.17, 15) is 13.6 Å². The quantitative estimate of drug-likeness (QED) is 0.653. The van der Waals surface area contributed by atoms with E-state index < -0.39 is 5.92 Å². The molecule has 0 aromatic rings. The van der Waals surface area contributed by atoms with Crippen LogP contribution >= 0.6 is 11.8 Å². The van der Waals surface area contributed by atoms with Gasteiger partial charge in [0.25, 0.3) is 0 Å². The van der Waals surface area contributed by atoms with Crippen LogP contribution in [0.25, 0.3) is 0 Å². The predicted octanol–water partition coefficient (Wildman–Crippen LogP) is 3.87. The van der Waals surface area contributed by atoms with Gasteiger partial charge in [-0.05, 0) is 6.42 Å². The van der Waals surface area contributed by atoms with Gasteiger partial charge in [-0.15, -0.1) is 0 Å².